The zero-order chi connectivity index (χ0) is 22.9. The van der Waals surface area contributed by atoms with Crippen molar-refractivity contribution < 1.29 is 14.1 Å². The van der Waals surface area contributed by atoms with Crippen LogP contribution in [-0.4, -0.2) is 25.6 Å². The van der Waals surface area contributed by atoms with Crippen LogP contribution in [0.4, 0.5) is 5.69 Å². The highest BCUT2D eigenvalue weighted by molar-refractivity contribution is 5.98. The molecular formula is C24H14N4O5. The molecule has 0 unspecified atom stereocenters. The molecule has 0 aliphatic heterocycles. The van der Waals surface area contributed by atoms with Crippen molar-refractivity contribution in [1.29, 1.82) is 0 Å². The van der Waals surface area contributed by atoms with Gasteiger partial charge in [-0.25, -0.2) is 4.79 Å². The number of hydrogen-bond donors (Lipinski definition) is 0. The lowest BCUT2D eigenvalue weighted by Crippen LogP contribution is -2.17. The molecule has 0 atom stereocenters. The maximum atomic E-state index is 13.3. The molecule has 3 aromatic heterocycles. The first-order chi connectivity index (χ1) is 16.0. The molecule has 0 bridgehead atoms. The van der Waals surface area contributed by atoms with Crippen LogP contribution in [0.5, 0.6) is 0 Å². The van der Waals surface area contributed by atoms with Gasteiger partial charge in [0, 0.05) is 29.4 Å². The van der Waals surface area contributed by atoms with Gasteiger partial charge in [-0.05, 0) is 36.4 Å². The Bertz CT molecular complexity index is 1590. The summed E-state index contributed by atoms with van der Waals surface area (Å²) in [6, 6.07) is 19.2. The lowest BCUT2D eigenvalue weighted by atomic mass is 10.1. The fourth-order valence-electron chi connectivity index (χ4n) is 3.57. The molecule has 3 heterocycles. The fourth-order valence-corrected chi connectivity index (χ4v) is 3.57. The predicted molar refractivity (Wildman–Crippen MR) is 120 cm³/mol. The van der Waals surface area contributed by atoms with Crippen molar-refractivity contribution in [1.82, 2.24) is 14.8 Å². The van der Waals surface area contributed by atoms with Gasteiger partial charge in [0.1, 0.15) is 11.3 Å². The molecule has 0 saturated carbocycles. The maximum absolute atomic E-state index is 13.3. The van der Waals surface area contributed by atoms with E-state index in [0.717, 1.165) is 4.68 Å². The SMILES string of the molecule is O=C(c1ccncc1)n1nc(-c2ccccc2[N+](=O)[O-])cc1-c1cc2ccccc2oc1=O. The summed E-state index contributed by atoms with van der Waals surface area (Å²) in [7, 11) is 0. The second-order valence-electron chi connectivity index (χ2n) is 7.13. The Labute approximate surface area is 185 Å². The van der Waals surface area contributed by atoms with Gasteiger partial charge in [0.15, 0.2) is 0 Å². The minimum absolute atomic E-state index is 0.105. The second kappa shape index (κ2) is 7.97. The molecule has 9 heteroatoms. The quantitative estimate of drug-likeness (QED) is 0.233. The Morgan fingerprint density at radius 2 is 1.67 bits per heavy atom. The van der Waals surface area contributed by atoms with Gasteiger partial charge in [-0.3, -0.25) is 19.9 Å². The molecule has 0 aliphatic carbocycles. The van der Waals surface area contributed by atoms with Crippen LogP contribution < -0.4 is 5.63 Å². The van der Waals surface area contributed by atoms with Crippen LogP contribution in [0.1, 0.15) is 10.4 Å². The Morgan fingerprint density at radius 1 is 0.939 bits per heavy atom. The molecule has 5 aromatic rings. The molecule has 33 heavy (non-hydrogen) atoms. The van der Waals surface area contributed by atoms with E-state index in [0.29, 0.717) is 11.0 Å². The topological polar surface area (TPSA) is 121 Å². The van der Waals surface area contributed by atoms with Gasteiger partial charge in [-0.15, -0.1) is 0 Å². The van der Waals surface area contributed by atoms with Gasteiger partial charge in [0.2, 0.25) is 0 Å². The van der Waals surface area contributed by atoms with Crippen molar-refractivity contribution in [3.05, 3.63) is 111 Å². The Balaban J connectivity index is 1.77. The van der Waals surface area contributed by atoms with Crippen LogP contribution in [0.3, 0.4) is 0 Å². The number of hydrogen-bond acceptors (Lipinski definition) is 7. The first-order valence-corrected chi connectivity index (χ1v) is 9.85. The highest BCUT2D eigenvalue weighted by atomic mass is 16.6. The van der Waals surface area contributed by atoms with Crippen molar-refractivity contribution in [3.63, 3.8) is 0 Å². The van der Waals surface area contributed by atoms with E-state index in [4.69, 9.17) is 4.42 Å². The number of benzene rings is 2. The number of nitro groups is 1. The van der Waals surface area contributed by atoms with E-state index >= 15 is 0 Å². The zero-order valence-corrected chi connectivity index (χ0v) is 16.9. The predicted octanol–water partition coefficient (Wildman–Crippen LogP) is 4.32. The van der Waals surface area contributed by atoms with Crippen LogP contribution in [0.25, 0.3) is 33.5 Å². The van der Waals surface area contributed by atoms with Crippen molar-refractivity contribution in [2.45, 2.75) is 0 Å². The normalized spacial score (nSPS) is 10.9. The smallest absolute Gasteiger partial charge is 0.345 e. The minimum Gasteiger partial charge on any atom is -0.422 e. The van der Waals surface area contributed by atoms with Crippen LogP contribution in [0, 0.1) is 10.1 Å². The first-order valence-electron chi connectivity index (χ1n) is 9.85. The number of carbonyl (C=O) groups excluding carboxylic acids is 1. The lowest BCUT2D eigenvalue weighted by molar-refractivity contribution is -0.384. The fraction of sp³-hybridized carbons (Fsp3) is 0. The van der Waals surface area contributed by atoms with Crippen molar-refractivity contribution in [3.8, 4) is 22.5 Å². The van der Waals surface area contributed by atoms with Crippen molar-refractivity contribution in [2.24, 2.45) is 0 Å². The van der Waals surface area contributed by atoms with E-state index in [9.17, 15) is 19.7 Å². The van der Waals surface area contributed by atoms with Gasteiger partial charge in [-0.2, -0.15) is 9.78 Å². The van der Waals surface area contributed by atoms with Crippen LogP contribution in [0.15, 0.2) is 94.4 Å². The number of carbonyl (C=O) groups is 1. The summed E-state index contributed by atoms with van der Waals surface area (Å²) in [5.74, 6) is -0.523. The standard InChI is InChI=1S/C24H14N4O5/c29-23(15-9-11-25-12-10-15)27-21(18-13-16-5-1-4-8-22(16)33-24(18)30)14-19(26-27)17-6-2-3-7-20(17)28(31)32/h1-14H. The Morgan fingerprint density at radius 3 is 2.45 bits per heavy atom. The molecule has 0 fully saturated rings. The number of pyridine rings is 1. The van der Waals surface area contributed by atoms with Gasteiger partial charge in [0.05, 0.1) is 21.7 Å². The second-order valence-corrected chi connectivity index (χ2v) is 7.13. The number of nitro benzene ring substituents is 1. The largest absolute Gasteiger partial charge is 0.422 e. The minimum atomic E-state index is -0.661. The zero-order valence-electron chi connectivity index (χ0n) is 16.9. The van der Waals surface area contributed by atoms with Gasteiger partial charge in [-0.1, -0.05) is 30.3 Å². The summed E-state index contributed by atoms with van der Waals surface area (Å²) in [6.07, 6.45) is 2.92. The third-order valence-corrected chi connectivity index (χ3v) is 5.12. The van der Waals surface area contributed by atoms with Crippen LogP contribution >= 0.6 is 0 Å². The van der Waals surface area contributed by atoms with Crippen molar-refractivity contribution >= 4 is 22.6 Å². The third kappa shape index (κ3) is 3.57. The summed E-state index contributed by atoms with van der Waals surface area (Å²) < 4.78 is 6.50. The molecule has 0 N–H and O–H groups in total. The Hall–Kier alpha value is -4.92. The summed E-state index contributed by atoms with van der Waals surface area (Å²) in [5, 5.41) is 16.6. The molecule has 5 rings (SSSR count). The maximum Gasteiger partial charge on any atom is 0.345 e. The van der Waals surface area contributed by atoms with Crippen molar-refractivity contribution in [2.75, 3.05) is 0 Å². The monoisotopic (exact) mass is 438 g/mol. The summed E-state index contributed by atoms with van der Waals surface area (Å²) in [4.78, 5) is 41.0. The van der Waals surface area contributed by atoms with E-state index in [1.807, 2.05) is 0 Å². The molecule has 0 saturated heterocycles. The van der Waals surface area contributed by atoms with Gasteiger partial charge < -0.3 is 4.42 Å². The number of rotatable bonds is 4. The summed E-state index contributed by atoms with van der Waals surface area (Å²) in [6.45, 7) is 0. The molecule has 0 radical (unpaired) electrons. The highest BCUT2D eigenvalue weighted by Crippen LogP contribution is 2.32. The number of para-hydroxylation sites is 2. The Kier molecular flexibility index (Phi) is 4.83. The molecule has 0 spiro atoms. The third-order valence-electron chi connectivity index (χ3n) is 5.12. The number of fused-ring (bicyclic) bond motifs is 1. The molecule has 2 aromatic carbocycles. The van der Waals surface area contributed by atoms with E-state index in [1.165, 1.54) is 42.7 Å². The highest BCUT2D eigenvalue weighted by Gasteiger charge is 2.24. The van der Waals surface area contributed by atoms with E-state index in [2.05, 4.69) is 10.1 Å². The number of nitrogens with zero attached hydrogens (tertiary/aromatic N) is 4. The summed E-state index contributed by atoms with van der Waals surface area (Å²) in [5.41, 5.74) is 0.507. The molecule has 160 valence electrons. The lowest BCUT2D eigenvalue weighted by Gasteiger charge is -2.06. The van der Waals surface area contributed by atoms with Gasteiger partial charge in [0.25, 0.3) is 11.6 Å². The summed E-state index contributed by atoms with van der Waals surface area (Å²) >= 11 is 0. The average molecular weight is 438 g/mol. The van der Waals surface area contributed by atoms with Crippen LogP contribution in [0.2, 0.25) is 0 Å². The first kappa shape index (κ1) is 20.0. The molecular weight excluding hydrogens is 424 g/mol. The van der Waals surface area contributed by atoms with E-state index in [-0.39, 0.29) is 33.8 Å². The number of aromatic nitrogens is 3. The van der Waals surface area contributed by atoms with E-state index in [1.54, 1.807) is 42.5 Å². The molecule has 0 aliphatic rings. The molecule has 0 amide bonds. The van der Waals surface area contributed by atoms with E-state index < -0.39 is 16.5 Å². The van der Waals surface area contributed by atoms with Gasteiger partial charge >= 0.3 is 5.63 Å². The van der Waals surface area contributed by atoms with Crippen LogP contribution in [-0.2, 0) is 0 Å². The average Bonchev–Trinajstić information content (AvgIpc) is 3.28. The molecule has 9 nitrogen and oxygen atoms in total.